The zero-order valence-corrected chi connectivity index (χ0v) is 21.6. The molecule has 0 spiro atoms. The maximum atomic E-state index is 13.8. The van der Waals surface area contributed by atoms with Gasteiger partial charge in [0.05, 0.1) is 13.4 Å². The standard InChI is InChI=1S/C31H29NO6/c1-4-32(5-2)28(19-33)37-24-14-10-21(11-15-24)30(34)31-29(20-8-12-23(35-3)13-9-20)25-17-22-7-6-16-36-26(22)18-27(25)38-31/h6,8-19,28H,4-5,7H2,1-3H3. The molecule has 0 radical (unpaired) electrons. The lowest BCUT2D eigenvalue weighted by atomic mass is 9.96. The number of fused-ring (bicyclic) bond motifs is 2. The highest BCUT2D eigenvalue weighted by Crippen LogP contribution is 2.40. The van der Waals surface area contributed by atoms with Crippen LogP contribution in [0.25, 0.3) is 22.1 Å². The minimum atomic E-state index is -0.689. The van der Waals surface area contributed by atoms with E-state index in [1.807, 2.05) is 61.2 Å². The van der Waals surface area contributed by atoms with Crippen LogP contribution in [0, 0.1) is 0 Å². The van der Waals surface area contributed by atoms with Gasteiger partial charge < -0.3 is 18.6 Å². The maximum Gasteiger partial charge on any atom is 0.228 e. The molecule has 2 heterocycles. The molecule has 7 nitrogen and oxygen atoms in total. The fourth-order valence-electron chi connectivity index (χ4n) is 4.67. The van der Waals surface area contributed by atoms with Gasteiger partial charge in [0.15, 0.2) is 12.0 Å². The molecule has 0 aliphatic carbocycles. The number of allylic oxidation sites excluding steroid dienone is 1. The van der Waals surface area contributed by atoms with Crippen LogP contribution < -0.4 is 14.2 Å². The Morgan fingerprint density at radius 3 is 2.39 bits per heavy atom. The van der Waals surface area contributed by atoms with Crippen LogP contribution >= 0.6 is 0 Å². The zero-order valence-electron chi connectivity index (χ0n) is 21.6. The number of furan rings is 1. The van der Waals surface area contributed by atoms with Crippen LogP contribution in [-0.4, -0.2) is 43.4 Å². The summed E-state index contributed by atoms with van der Waals surface area (Å²) in [6.45, 7) is 5.30. The van der Waals surface area contributed by atoms with E-state index in [1.165, 1.54) is 0 Å². The molecule has 0 fully saturated rings. The van der Waals surface area contributed by atoms with Crippen molar-refractivity contribution in [3.8, 4) is 28.4 Å². The summed E-state index contributed by atoms with van der Waals surface area (Å²) in [5, 5.41) is 0.837. The third-order valence-electron chi connectivity index (χ3n) is 6.75. The molecule has 7 heteroatoms. The van der Waals surface area contributed by atoms with E-state index in [9.17, 15) is 9.59 Å². The van der Waals surface area contributed by atoms with Gasteiger partial charge in [-0.3, -0.25) is 14.5 Å². The molecule has 1 unspecified atom stereocenters. The summed E-state index contributed by atoms with van der Waals surface area (Å²) in [7, 11) is 1.61. The first kappa shape index (κ1) is 25.3. The SMILES string of the molecule is CCN(CC)C(C=O)Oc1ccc(C(=O)c2oc3cc4c(cc3c2-c2ccc(OC)cc2)CC=CO4)cc1. The number of ketones is 1. The van der Waals surface area contributed by atoms with Crippen LogP contribution in [0.4, 0.5) is 0 Å². The molecule has 1 atom stereocenters. The van der Waals surface area contributed by atoms with Crippen LogP contribution in [0.15, 0.2) is 77.4 Å². The Hall–Kier alpha value is -4.36. The third kappa shape index (κ3) is 4.80. The smallest absolute Gasteiger partial charge is 0.228 e. The Morgan fingerprint density at radius 1 is 1.03 bits per heavy atom. The maximum absolute atomic E-state index is 13.8. The number of likely N-dealkylation sites (N-methyl/N-ethyl adjacent to an activating group) is 1. The van der Waals surface area contributed by atoms with Gasteiger partial charge in [0.25, 0.3) is 0 Å². The quantitative estimate of drug-likeness (QED) is 0.146. The summed E-state index contributed by atoms with van der Waals surface area (Å²) >= 11 is 0. The van der Waals surface area contributed by atoms with Gasteiger partial charge in [-0.1, -0.05) is 26.0 Å². The first-order valence-electron chi connectivity index (χ1n) is 12.6. The van der Waals surface area contributed by atoms with E-state index >= 15 is 0 Å². The second-order valence-corrected chi connectivity index (χ2v) is 8.90. The van der Waals surface area contributed by atoms with Crippen LogP contribution in [0.2, 0.25) is 0 Å². The van der Waals surface area contributed by atoms with E-state index in [2.05, 4.69) is 0 Å². The molecular weight excluding hydrogens is 482 g/mol. The number of aldehydes is 1. The molecule has 0 bridgehead atoms. The Bertz CT molecular complexity index is 1480. The average Bonchev–Trinajstić information content (AvgIpc) is 3.34. The number of methoxy groups -OCH3 is 1. The van der Waals surface area contributed by atoms with Crippen molar-refractivity contribution in [2.75, 3.05) is 20.2 Å². The summed E-state index contributed by atoms with van der Waals surface area (Å²) < 4.78 is 23.0. The van der Waals surface area contributed by atoms with Crippen LogP contribution in [0.1, 0.15) is 35.5 Å². The monoisotopic (exact) mass is 511 g/mol. The van der Waals surface area contributed by atoms with Crippen LogP contribution in [0.3, 0.4) is 0 Å². The van der Waals surface area contributed by atoms with Crippen molar-refractivity contribution in [3.05, 3.63) is 89.9 Å². The van der Waals surface area contributed by atoms with E-state index in [1.54, 1.807) is 37.6 Å². The first-order valence-corrected chi connectivity index (χ1v) is 12.6. The number of rotatable bonds is 10. The lowest BCUT2D eigenvalue weighted by Crippen LogP contribution is -2.40. The average molecular weight is 512 g/mol. The molecule has 194 valence electrons. The van der Waals surface area contributed by atoms with E-state index in [4.69, 9.17) is 18.6 Å². The predicted octanol–water partition coefficient (Wildman–Crippen LogP) is 6.03. The molecule has 1 aliphatic heterocycles. The minimum Gasteiger partial charge on any atom is -0.497 e. The molecule has 0 N–H and O–H groups in total. The van der Waals surface area contributed by atoms with Crippen LogP contribution in [0.5, 0.6) is 17.2 Å². The summed E-state index contributed by atoms with van der Waals surface area (Å²) in [5.74, 6) is 1.92. The number of ether oxygens (including phenoxy) is 3. The van der Waals surface area contributed by atoms with Gasteiger partial charge in [-0.2, -0.15) is 0 Å². The van der Waals surface area contributed by atoms with Crippen molar-refractivity contribution in [2.24, 2.45) is 0 Å². The lowest BCUT2D eigenvalue weighted by Gasteiger charge is -2.25. The molecule has 5 rings (SSSR count). The highest BCUT2D eigenvalue weighted by molar-refractivity contribution is 6.16. The molecular formula is C31H29NO6. The van der Waals surface area contributed by atoms with Crippen molar-refractivity contribution in [3.63, 3.8) is 0 Å². The molecule has 4 aromatic rings. The Kier molecular flexibility index (Phi) is 7.29. The molecule has 0 saturated carbocycles. The molecule has 1 aliphatic rings. The predicted molar refractivity (Wildman–Crippen MR) is 145 cm³/mol. The molecule has 0 saturated heterocycles. The Labute approximate surface area is 221 Å². The number of hydrogen-bond donors (Lipinski definition) is 0. The van der Waals surface area contributed by atoms with Crippen molar-refractivity contribution < 1.29 is 28.2 Å². The van der Waals surface area contributed by atoms with Crippen molar-refractivity contribution in [2.45, 2.75) is 26.5 Å². The second-order valence-electron chi connectivity index (χ2n) is 8.90. The first-order chi connectivity index (χ1) is 18.6. The van der Waals surface area contributed by atoms with Gasteiger partial charge in [-0.15, -0.1) is 0 Å². The van der Waals surface area contributed by atoms with Crippen molar-refractivity contribution >= 4 is 23.0 Å². The number of carbonyl (C=O) groups is 2. The summed E-state index contributed by atoms with van der Waals surface area (Å²) in [6, 6.07) is 18.2. The van der Waals surface area contributed by atoms with Gasteiger partial charge in [0.2, 0.25) is 12.0 Å². The molecule has 38 heavy (non-hydrogen) atoms. The van der Waals surface area contributed by atoms with E-state index in [0.717, 1.165) is 35.0 Å². The summed E-state index contributed by atoms with van der Waals surface area (Å²) in [4.78, 5) is 27.2. The van der Waals surface area contributed by atoms with E-state index in [-0.39, 0.29) is 11.5 Å². The number of hydrogen-bond acceptors (Lipinski definition) is 7. The second kappa shape index (κ2) is 10.9. The topological polar surface area (TPSA) is 78.2 Å². The van der Waals surface area contributed by atoms with Crippen molar-refractivity contribution in [1.82, 2.24) is 4.90 Å². The van der Waals surface area contributed by atoms with Crippen LogP contribution in [-0.2, 0) is 11.2 Å². The summed E-state index contributed by atoms with van der Waals surface area (Å²) in [6.07, 6.45) is 4.43. The minimum absolute atomic E-state index is 0.239. The normalized spacial score (nSPS) is 13.2. The number of carbonyl (C=O) groups excluding carboxylic acids is 2. The molecule has 3 aromatic carbocycles. The zero-order chi connectivity index (χ0) is 26.6. The van der Waals surface area contributed by atoms with E-state index in [0.29, 0.717) is 41.3 Å². The van der Waals surface area contributed by atoms with Crippen molar-refractivity contribution in [1.29, 1.82) is 0 Å². The lowest BCUT2D eigenvalue weighted by molar-refractivity contribution is -0.121. The number of nitrogens with zero attached hydrogens (tertiary/aromatic N) is 1. The summed E-state index contributed by atoms with van der Waals surface area (Å²) in [5.41, 5.74) is 3.59. The van der Waals surface area contributed by atoms with Gasteiger partial charge in [-0.25, -0.2) is 0 Å². The fraction of sp³-hybridized carbons (Fsp3) is 0.226. The van der Waals surface area contributed by atoms with Gasteiger partial charge in [-0.05, 0) is 79.2 Å². The van der Waals surface area contributed by atoms with Gasteiger partial charge in [0.1, 0.15) is 22.8 Å². The molecule has 1 aromatic heterocycles. The highest BCUT2D eigenvalue weighted by Gasteiger charge is 2.25. The van der Waals surface area contributed by atoms with Gasteiger partial charge in [0, 0.05) is 22.6 Å². The third-order valence-corrected chi connectivity index (χ3v) is 6.75. The Morgan fingerprint density at radius 2 is 1.74 bits per heavy atom. The Balaban J connectivity index is 1.53. The highest BCUT2D eigenvalue weighted by atomic mass is 16.5. The largest absolute Gasteiger partial charge is 0.497 e. The number of benzene rings is 3. The molecule has 0 amide bonds. The van der Waals surface area contributed by atoms with Gasteiger partial charge >= 0.3 is 0 Å². The van der Waals surface area contributed by atoms with E-state index < -0.39 is 6.23 Å². The fourth-order valence-corrected chi connectivity index (χ4v) is 4.67.